The molecule has 53 heavy (non-hydrogen) atoms. The molecule has 0 atom stereocenters. The molecular formula is C51H37NS. The number of anilines is 3. The van der Waals surface area contributed by atoms with Crippen molar-refractivity contribution in [3.63, 3.8) is 0 Å². The molecular weight excluding hydrogens is 659 g/mol. The van der Waals surface area contributed by atoms with Gasteiger partial charge in [0.15, 0.2) is 0 Å². The maximum Gasteiger partial charge on any atom is 0.0636 e. The third kappa shape index (κ3) is 5.21. The molecule has 0 N–H and O–H groups in total. The van der Waals surface area contributed by atoms with Gasteiger partial charge in [0.05, 0.1) is 5.69 Å². The SMILES string of the molecule is CC1(C)c2cc(-c3ccccc3)ccc2-c2c1cc1sc3ccccc3c1c2N(c1ccccc1)c1ccc(-c2ccc(-c3ccccc3)cc2)cc1. The number of benzene rings is 8. The molecule has 0 saturated carbocycles. The topological polar surface area (TPSA) is 3.24 Å². The zero-order valence-corrected chi connectivity index (χ0v) is 30.6. The quantitative estimate of drug-likeness (QED) is 0.167. The molecule has 0 fully saturated rings. The standard InChI is InChI=1S/C51H37NS/c1-51(2)44-32-39(35-16-8-4-9-17-35)28-31-42(44)48-45(51)33-47-49(43-20-12-13-21-46(43)53-47)50(48)52(40-18-10-5-11-19-40)41-29-26-38(27-30-41)37-24-22-36(23-25-37)34-14-6-3-7-15-34/h3-33H,1-2H3. The first-order valence-electron chi connectivity index (χ1n) is 18.3. The van der Waals surface area contributed by atoms with Crippen LogP contribution in [-0.4, -0.2) is 0 Å². The van der Waals surface area contributed by atoms with Crippen LogP contribution in [-0.2, 0) is 5.41 Å². The number of para-hydroxylation sites is 1. The molecule has 0 bridgehead atoms. The highest BCUT2D eigenvalue weighted by atomic mass is 32.1. The number of fused-ring (bicyclic) bond motifs is 6. The highest BCUT2D eigenvalue weighted by molar-refractivity contribution is 7.26. The van der Waals surface area contributed by atoms with Crippen molar-refractivity contribution in [2.24, 2.45) is 0 Å². The van der Waals surface area contributed by atoms with Crippen molar-refractivity contribution in [1.82, 2.24) is 0 Å². The van der Waals surface area contributed by atoms with E-state index >= 15 is 0 Å². The summed E-state index contributed by atoms with van der Waals surface area (Å²) < 4.78 is 2.63. The Hall–Kier alpha value is -6.22. The second kappa shape index (κ2) is 12.5. The summed E-state index contributed by atoms with van der Waals surface area (Å²) in [4.78, 5) is 2.51. The molecule has 0 radical (unpaired) electrons. The van der Waals surface area contributed by atoms with Crippen LogP contribution in [0.25, 0.3) is 64.7 Å². The van der Waals surface area contributed by atoms with Gasteiger partial charge in [-0.3, -0.25) is 0 Å². The molecule has 0 unspecified atom stereocenters. The lowest BCUT2D eigenvalue weighted by Crippen LogP contribution is -2.16. The van der Waals surface area contributed by atoms with Crippen LogP contribution >= 0.6 is 11.3 Å². The predicted molar refractivity (Wildman–Crippen MR) is 228 cm³/mol. The van der Waals surface area contributed by atoms with E-state index in [4.69, 9.17) is 0 Å². The summed E-state index contributed by atoms with van der Waals surface area (Å²) in [6.45, 7) is 4.81. The predicted octanol–water partition coefficient (Wildman–Crippen LogP) is 14.8. The number of thiophene rings is 1. The van der Waals surface area contributed by atoms with Gasteiger partial charge >= 0.3 is 0 Å². The number of rotatable bonds is 6. The Balaban J connectivity index is 1.19. The van der Waals surface area contributed by atoms with Gasteiger partial charge < -0.3 is 4.90 Å². The van der Waals surface area contributed by atoms with E-state index < -0.39 is 0 Å². The maximum absolute atomic E-state index is 2.51. The Morgan fingerprint density at radius 1 is 0.415 bits per heavy atom. The van der Waals surface area contributed by atoms with Gasteiger partial charge in [0.2, 0.25) is 0 Å². The van der Waals surface area contributed by atoms with Crippen LogP contribution in [0.1, 0.15) is 25.0 Å². The largest absolute Gasteiger partial charge is 0.309 e. The second-order valence-electron chi connectivity index (χ2n) is 14.5. The van der Waals surface area contributed by atoms with Crippen LogP contribution in [0.2, 0.25) is 0 Å². The van der Waals surface area contributed by atoms with E-state index in [0.717, 1.165) is 11.4 Å². The molecule has 2 heteroatoms. The van der Waals surface area contributed by atoms with Crippen molar-refractivity contribution >= 4 is 48.6 Å². The molecule has 9 aromatic rings. The van der Waals surface area contributed by atoms with Crippen LogP contribution in [0.4, 0.5) is 17.1 Å². The lowest BCUT2D eigenvalue weighted by atomic mass is 9.81. The van der Waals surface area contributed by atoms with E-state index in [2.05, 4.69) is 207 Å². The highest BCUT2D eigenvalue weighted by Gasteiger charge is 2.40. The zero-order valence-electron chi connectivity index (χ0n) is 29.8. The van der Waals surface area contributed by atoms with Gasteiger partial charge in [0.25, 0.3) is 0 Å². The van der Waals surface area contributed by atoms with Crippen LogP contribution in [0.5, 0.6) is 0 Å². The Bertz CT molecular complexity index is 2760. The fourth-order valence-electron chi connectivity index (χ4n) is 8.36. The average molecular weight is 696 g/mol. The van der Waals surface area contributed by atoms with Crippen LogP contribution < -0.4 is 4.90 Å². The molecule has 0 aliphatic heterocycles. The minimum absolute atomic E-state index is 0.188. The van der Waals surface area contributed by atoms with Crippen molar-refractivity contribution in [1.29, 1.82) is 0 Å². The summed E-state index contributed by atoms with van der Waals surface area (Å²) in [5.74, 6) is 0. The van der Waals surface area contributed by atoms with E-state index in [1.165, 1.54) is 81.5 Å². The smallest absolute Gasteiger partial charge is 0.0636 e. The molecule has 252 valence electrons. The van der Waals surface area contributed by atoms with Gasteiger partial charge in [-0.2, -0.15) is 0 Å². The van der Waals surface area contributed by atoms with E-state index in [1.807, 2.05) is 11.3 Å². The normalized spacial score (nSPS) is 12.9. The van der Waals surface area contributed by atoms with Gasteiger partial charge in [-0.1, -0.05) is 159 Å². The second-order valence-corrected chi connectivity index (χ2v) is 15.6. The van der Waals surface area contributed by atoms with Crippen molar-refractivity contribution in [2.75, 3.05) is 4.90 Å². The minimum Gasteiger partial charge on any atom is -0.309 e. The minimum atomic E-state index is -0.188. The van der Waals surface area contributed by atoms with Crippen molar-refractivity contribution in [2.45, 2.75) is 19.3 Å². The summed E-state index contributed by atoms with van der Waals surface area (Å²) in [5, 5.41) is 2.61. The van der Waals surface area contributed by atoms with Gasteiger partial charge in [0.1, 0.15) is 0 Å². The van der Waals surface area contributed by atoms with E-state index in [1.54, 1.807) is 0 Å². The molecule has 8 aromatic carbocycles. The lowest BCUT2D eigenvalue weighted by Gasteiger charge is -2.30. The first-order chi connectivity index (χ1) is 26.0. The van der Waals surface area contributed by atoms with E-state index in [-0.39, 0.29) is 5.41 Å². The summed E-state index contributed by atoms with van der Waals surface area (Å²) in [6.07, 6.45) is 0. The first-order valence-corrected chi connectivity index (χ1v) is 19.2. The Morgan fingerprint density at radius 2 is 0.906 bits per heavy atom. The van der Waals surface area contributed by atoms with Crippen molar-refractivity contribution in [3.05, 3.63) is 199 Å². The van der Waals surface area contributed by atoms with Crippen molar-refractivity contribution in [3.8, 4) is 44.5 Å². The van der Waals surface area contributed by atoms with Gasteiger partial charge in [-0.05, 0) is 92.5 Å². The molecule has 0 spiro atoms. The van der Waals surface area contributed by atoms with Gasteiger partial charge in [-0.25, -0.2) is 0 Å². The Labute approximate surface area is 315 Å². The Morgan fingerprint density at radius 3 is 1.55 bits per heavy atom. The molecule has 1 nitrogen and oxygen atoms in total. The molecule has 1 aromatic heterocycles. The van der Waals surface area contributed by atoms with Gasteiger partial charge in [0, 0.05) is 42.5 Å². The molecule has 0 amide bonds. The van der Waals surface area contributed by atoms with Crippen LogP contribution in [0, 0.1) is 0 Å². The Kier molecular flexibility index (Phi) is 7.42. The number of hydrogen-bond acceptors (Lipinski definition) is 2. The fraction of sp³-hybridized carbons (Fsp3) is 0.0588. The van der Waals surface area contributed by atoms with Crippen LogP contribution in [0.3, 0.4) is 0 Å². The summed E-state index contributed by atoms with van der Waals surface area (Å²) in [6, 6.07) is 68.9. The first kappa shape index (κ1) is 31.5. The summed E-state index contributed by atoms with van der Waals surface area (Å²) >= 11 is 1.90. The zero-order chi connectivity index (χ0) is 35.5. The lowest BCUT2D eigenvalue weighted by molar-refractivity contribution is 0.661. The molecule has 10 rings (SSSR count). The summed E-state index contributed by atoms with van der Waals surface area (Å²) in [5.41, 5.74) is 16.1. The molecule has 1 heterocycles. The third-order valence-electron chi connectivity index (χ3n) is 11.1. The molecule has 0 saturated heterocycles. The van der Waals surface area contributed by atoms with Gasteiger partial charge in [-0.15, -0.1) is 11.3 Å². The number of nitrogens with zero attached hydrogens (tertiary/aromatic N) is 1. The van der Waals surface area contributed by atoms with Crippen LogP contribution in [0.15, 0.2) is 188 Å². The molecule has 1 aliphatic rings. The van der Waals surface area contributed by atoms with Crippen molar-refractivity contribution < 1.29 is 0 Å². The maximum atomic E-state index is 2.51. The molecule has 1 aliphatic carbocycles. The van der Waals surface area contributed by atoms with E-state index in [9.17, 15) is 0 Å². The fourth-order valence-corrected chi connectivity index (χ4v) is 9.51. The van der Waals surface area contributed by atoms with E-state index in [0.29, 0.717) is 0 Å². The monoisotopic (exact) mass is 695 g/mol. The number of hydrogen-bond donors (Lipinski definition) is 0. The average Bonchev–Trinajstić information content (AvgIpc) is 3.70. The third-order valence-corrected chi connectivity index (χ3v) is 12.2. The summed E-state index contributed by atoms with van der Waals surface area (Å²) in [7, 11) is 0. The highest BCUT2D eigenvalue weighted by Crippen LogP contribution is 2.59.